The molecule has 6 heteroatoms. The molecule has 6 nitrogen and oxygen atoms in total. The number of piperidine rings is 1. The zero-order valence-corrected chi connectivity index (χ0v) is 23.4. The fourth-order valence-electron chi connectivity index (χ4n) is 4.31. The molecule has 0 radical (unpaired) electrons. The summed E-state index contributed by atoms with van der Waals surface area (Å²) in [4.78, 5) is 26.7. The molecule has 0 aromatic rings. The number of esters is 2. The number of allylic oxidation sites excluding steroid dienone is 4. The summed E-state index contributed by atoms with van der Waals surface area (Å²) in [5.41, 5.74) is 0. The summed E-state index contributed by atoms with van der Waals surface area (Å²) in [7, 11) is 3.68. The summed E-state index contributed by atoms with van der Waals surface area (Å²) in [6.45, 7) is 4.95. The lowest BCUT2D eigenvalue weighted by molar-refractivity contribution is -0.154. The van der Waals surface area contributed by atoms with Crippen LogP contribution in [0.1, 0.15) is 96.8 Å². The van der Waals surface area contributed by atoms with Crippen molar-refractivity contribution in [1.29, 1.82) is 0 Å². The molecular weight excluding hydrogens is 454 g/mol. The Balaban J connectivity index is 2.02. The predicted octanol–water partition coefficient (Wildman–Crippen LogP) is 6.49. The van der Waals surface area contributed by atoms with E-state index in [2.05, 4.69) is 43.2 Å². The number of carbonyl (C=O) groups is 2. The van der Waals surface area contributed by atoms with Gasteiger partial charge in [-0.05, 0) is 71.5 Å². The molecule has 0 aliphatic carbocycles. The van der Waals surface area contributed by atoms with Crippen LogP contribution < -0.4 is 0 Å². The van der Waals surface area contributed by atoms with Gasteiger partial charge in [0.15, 0.2) is 0 Å². The number of likely N-dealkylation sites (tertiary alicyclic amines) is 1. The molecule has 1 heterocycles. The molecule has 1 aliphatic rings. The molecule has 1 aliphatic heterocycles. The van der Waals surface area contributed by atoms with Gasteiger partial charge in [0, 0.05) is 13.5 Å². The number of hydrogen-bond donors (Lipinski definition) is 0. The van der Waals surface area contributed by atoms with Crippen LogP contribution in [0.4, 0.5) is 0 Å². The van der Waals surface area contributed by atoms with Gasteiger partial charge >= 0.3 is 11.9 Å². The van der Waals surface area contributed by atoms with E-state index in [0.29, 0.717) is 13.0 Å². The first-order valence-electron chi connectivity index (χ1n) is 14.4. The Labute approximate surface area is 220 Å². The molecule has 208 valence electrons. The van der Waals surface area contributed by atoms with Crippen LogP contribution in [0.3, 0.4) is 0 Å². The average Bonchev–Trinajstić information content (AvgIpc) is 2.88. The van der Waals surface area contributed by atoms with Crippen molar-refractivity contribution in [3.63, 3.8) is 0 Å². The van der Waals surface area contributed by atoms with Crippen LogP contribution >= 0.6 is 0 Å². The molecule has 0 spiro atoms. The Hall–Kier alpha value is -1.66. The van der Waals surface area contributed by atoms with Crippen LogP contribution in [0.15, 0.2) is 24.3 Å². The third kappa shape index (κ3) is 17.7. The first kappa shape index (κ1) is 32.4. The standard InChI is InChI=1S/C30H53NO5/c1-4-5-6-7-8-9-10-11-12-13-14-15-16-17-18-19-29(32)35-25-27(24-34-3)26-36-30(33)28-20-22-31(2)23-21-28/h8-9,11-12,27-28H,4-7,10,13-26H2,1-3H3/b9-8-,12-11-. The van der Waals surface area contributed by atoms with Gasteiger partial charge in [0.2, 0.25) is 0 Å². The topological polar surface area (TPSA) is 65.1 Å². The Morgan fingerprint density at radius 3 is 2.11 bits per heavy atom. The monoisotopic (exact) mass is 507 g/mol. The maximum absolute atomic E-state index is 12.3. The van der Waals surface area contributed by atoms with E-state index in [4.69, 9.17) is 14.2 Å². The summed E-state index contributed by atoms with van der Waals surface area (Å²) in [5, 5.41) is 0. The van der Waals surface area contributed by atoms with Gasteiger partial charge < -0.3 is 19.1 Å². The summed E-state index contributed by atoms with van der Waals surface area (Å²) in [5.74, 6) is -0.465. The molecule has 0 N–H and O–H groups in total. The van der Waals surface area contributed by atoms with Crippen molar-refractivity contribution in [2.24, 2.45) is 11.8 Å². The quantitative estimate of drug-likeness (QED) is 0.100. The van der Waals surface area contributed by atoms with Gasteiger partial charge in [0.05, 0.1) is 31.7 Å². The maximum Gasteiger partial charge on any atom is 0.309 e. The second-order valence-corrected chi connectivity index (χ2v) is 10.2. The summed E-state index contributed by atoms with van der Waals surface area (Å²) >= 11 is 0. The molecule has 0 aromatic heterocycles. The van der Waals surface area contributed by atoms with Crippen molar-refractivity contribution in [1.82, 2.24) is 4.90 Å². The minimum absolute atomic E-state index is 0.0229. The highest BCUT2D eigenvalue weighted by atomic mass is 16.6. The molecule has 0 bridgehead atoms. The Morgan fingerprint density at radius 2 is 1.44 bits per heavy atom. The maximum atomic E-state index is 12.3. The lowest BCUT2D eigenvalue weighted by Gasteiger charge is -2.28. The van der Waals surface area contributed by atoms with E-state index in [-0.39, 0.29) is 37.0 Å². The molecule has 0 amide bonds. The van der Waals surface area contributed by atoms with Crippen molar-refractivity contribution in [3.8, 4) is 0 Å². The number of carbonyl (C=O) groups excluding carboxylic acids is 2. The minimum Gasteiger partial charge on any atom is -0.465 e. The van der Waals surface area contributed by atoms with Gasteiger partial charge in [-0.2, -0.15) is 0 Å². The second kappa shape index (κ2) is 22.5. The normalized spacial score (nSPS) is 16.1. The molecule has 1 fully saturated rings. The van der Waals surface area contributed by atoms with E-state index in [1.165, 1.54) is 38.5 Å². The number of nitrogens with zero attached hydrogens (tertiary/aromatic N) is 1. The van der Waals surface area contributed by atoms with E-state index >= 15 is 0 Å². The third-order valence-corrected chi connectivity index (χ3v) is 6.73. The molecule has 0 saturated carbocycles. The van der Waals surface area contributed by atoms with Crippen molar-refractivity contribution in [2.45, 2.75) is 96.8 Å². The SMILES string of the molecule is CCCCC/C=C\C/C=C\CCCCCCCC(=O)OCC(COC)COC(=O)C1CCN(C)CC1. The lowest BCUT2D eigenvalue weighted by Crippen LogP contribution is -2.35. The number of hydrogen-bond acceptors (Lipinski definition) is 6. The molecule has 1 unspecified atom stereocenters. The van der Waals surface area contributed by atoms with Crippen molar-refractivity contribution < 1.29 is 23.8 Å². The lowest BCUT2D eigenvalue weighted by atomic mass is 9.97. The van der Waals surface area contributed by atoms with Gasteiger partial charge in [0.1, 0.15) is 0 Å². The highest BCUT2D eigenvalue weighted by Crippen LogP contribution is 2.18. The van der Waals surface area contributed by atoms with Crippen LogP contribution in [0.2, 0.25) is 0 Å². The van der Waals surface area contributed by atoms with Gasteiger partial charge in [-0.3, -0.25) is 9.59 Å². The minimum atomic E-state index is -0.177. The first-order chi connectivity index (χ1) is 17.6. The van der Waals surface area contributed by atoms with Gasteiger partial charge in [-0.1, -0.05) is 63.3 Å². The zero-order chi connectivity index (χ0) is 26.3. The smallest absolute Gasteiger partial charge is 0.309 e. The largest absolute Gasteiger partial charge is 0.465 e. The van der Waals surface area contributed by atoms with Gasteiger partial charge in [-0.15, -0.1) is 0 Å². The first-order valence-corrected chi connectivity index (χ1v) is 14.4. The van der Waals surface area contributed by atoms with Gasteiger partial charge in [0.25, 0.3) is 0 Å². The number of methoxy groups -OCH3 is 1. The van der Waals surface area contributed by atoms with Crippen molar-refractivity contribution >= 4 is 11.9 Å². The Morgan fingerprint density at radius 1 is 0.833 bits per heavy atom. The van der Waals surface area contributed by atoms with Crippen molar-refractivity contribution in [3.05, 3.63) is 24.3 Å². The average molecular weight is 508 g/mol. The van der Waals surface area contributed by atoms with E-state index < -0.39 is 0 Å². The second-order valence-electron chi connectivity index (χ2n) is 10.2. The third-order valence-electron chi connectivity index (χ3n) is 6.73. The molecule has 1 saturated heterocycles. The number of rotatable bonds is 21. The fourth-order valence-corrected chi connectivity index (χ4v) is 4.31. The Kier molecular flexibility index (Phi) is 20.3. The van der Waals surface area contributed by atoms with Crippen LogP contribution in [0, 0.1) is 11.8 Å². The highest BCUT2D eigenvalue weighted by molar-refractivity contribution is 5.72. The van der Waals surface area contributed by atoms with Crippen LogP contribution in [-0.4, -0.2) is 63.9 Å². The summed E-state index contributed by atoms with van der Waals surface area (Å²) in [6, 6.07) is 0. The molecule has 1 atom stereocenters. The van der Waals surface area contributed by atoms with Crippen LogP contribution in [-0.2, 0) is 23.8 Å². The van der Waals surface area contributed by atoms with E-state index in [1.807, 2.05) is 0 Å². The predicted molar refractivity (Wildman–Crippen MR) is 147 cm³/mol. The highest BCUT2D eigenvalue weighted by Gasteiger charge is 2.25. The van der Waals surface area contributed by atoms with E-state index in [9.17, 15) is 9.59 Å². The summed E-state index contributed by atoms with van der Waals surface area (Å²) in [6.07, 6.45) is 24.0. The molecule has 1 rings (SSSR count). The van der Waals surface area contributed by atoms with Crippen LogP contribution in [0.25, 0.3) is 0 Å². The van der Waals surface area contributed by atoms with Crippen LogP contribution in [0.5, 0.6) is 0 Å². The molecular formula is C30H53NO5. The number of unbranched alkanes of at least 4 members (excludes halogenated alkanes) is 8. The summed E-state index contributed by atoms with van der Waals surface area (Å²) < 4.78 is 16.2. The molecule has 0 aromatic carbocycles. The zero-order valence-electron chi connectivity index (χ0n) is 23.4. The number of ether oxygens (including phenoxy) is 3. The van der Waals surface area contributed by atoms with Gasteiger partial charge in [-0.25, -0.2) is 0 Å². The Bertz CT molecular complexity index is 610. The molecule has 36 heavy (non-hydrogen) atoms. The van der Waals surface area contributed by atoms with E-state index in [1.54, 1.807) is 7.11 Å². The fraction of sp³-hybridized carbons (Fsp3) is 0.800. The van der Waals surface area contributed by atoms with Crippen molar-refractivity contribution in [2.75, 3.05) is 47.1 Å². The van der Waals surface area contributed by atoms with E-state index in [0.717, 1.165) is 58.0 Å².